The lowest BCUT2D eigenvalue weighted by atomic mass is 10.1. The summed E-state index contributed by atoms with van der Waals surface area (Å²) in [6.45, 7) is 2.05. The van der Waals surface area contributed by atoms with Crippen LogP contribution >= 0.6 is 0 Å². The Morgan fingerprint density at radius 2 is 1.77 bits per heavy atom. The van der Waals surface area contributed by atoms with Crippen LogP contribution in [0.2, 0.25) is 0 Å². The van der Waals surface area contributed by atoms with Gasteiger partial charge in [-0.3, -0.25) is 9.59 Å². The molecule has 0 fully saturated rings. The topological polar surface area (TPSA) is 76.8 Å². The molecular formula is C20H15NO5. The molecule has 2 aromatic carbocycles. The molecule has 4 rings (SSSR count). The highest BCUT2D eigenvalue weighted by molar-refractivity contribution is 6.20. The van der Waals surface area contributed by atoms with E-state index >= 15 is 0 Å². The molecule has 6 nitrogen and oxygen atoms in total. The Labute approximate surface area is 148 Å². The third-order valence-electron chi connectivity index (χ3n) is 4.41. The number of carbonyl (C=O) groups is 3. The number of hydrogen-bond acceptors (Lipinski definition) is 5. The van der Waals surface area contributed by atoms with Crippen molar-refractivity contribution >= 4 is 28.8 Å². The Balaban J connectivity index is 1.52. The summed E-state index contributed by atoms with van der Waals surface area (Å²) in [7, 11) is 0. The van der Waals surface area contributed by atoms with Crippen LogP contribution in [0, 0.1) is 0 Å². The lowest BCUT2D eigenvalue weighted by Crippen LogP contribution is -2.33. The largest absolute Gasteiger partial charge is 0.464 e. The fraction of sp³-hybridized carbons (Fsp3) is 0.150. The van der Waals surface area contributed by atoms with Crippen molar-refractivity contribution in [2.24, 2.45) is 0 Å². The van der Waals surface area contributed by atoms with Crippen LogP contribution in [0.15, 0.2) is 53.1 Å². The first kappa shape index (κ1) is 16.1. The maximum Gasteiger partial charge on any atom is 0.337 e. The van der Waals surface area contributed by atoms with E-state index in [2.05, 4.69) is 0 Å². The number of imide groups is 1. The molecule has 2 amide bonds. The van der Waals surface area contributed by atoms with Gasteiger partial charge in [0.2, 0.25) is 0 Å². The van der Waals surface area contributed by atoms with Gasteiger partial charge in [0.05, 0.1) is 23.8 Å². The van der Waals surface area contributed by atoms with Crippen molar-refractivity contribution in [3.05, 3.63) is 71.0 Å². The van der Waals surface area contributed by atoms with Crippen molar-refractivity contribution in [1.82, 2.24) is 5.06 Å². The Kier molecular flexibility index (Phi) is 3.80. The van der Waals surface area contributed by atoms with Gasteiger partial charge < -0.3 is 9.25 Å². The van der Waals surface area contributed by atoms with Crippen LogP contribution in [-0.4, -0.2) is 22.8 Å². The molecule has 130 valence electrons. The van der Waals surface area contributed by atoms with Gasteiger partial charge in [-0.2, -0.15) is 0 Å². The van der Waals surface area contributed by atoms with Crippen LogP contribution in [0.4, 0.5) is 0 Å². The highest BCUT2D eigenvalue weighted by Crippen LogP contribution is 2.25. The van der Waals surface area contributed by atoms with E-state index in [4.69, 9.17) is 9.25 Å². The van der Waals surface area contributed by atoms with Crippen LogP contribution in [0.1, 0.15) is 38.8 Å². The lowest BCUT2D eigenvalue weighted by molar-refractivity contribution is -0.167. The zero-order valence-electron chi connectivity index (χ0n) is 14.0. The first-order chi connectivity index (χ1) is 12.6. The molecular weight excluding hydrogens is 334 g/mol. The summed E-state index contributed by atoms with van der Waals surface area (Å²) in [5.74, 6) is -1.98. The molecule has 26 heavy (non-hydrogen) atoms. The van der Waals surface area contributed by atoms with E-state index in [-0.39, 0.29) is 17.5 Å². The number of fused-ring (bicyclic) bond motifs is 2. The minimum Gasteiger partial charge on any atom is -0.464 e. The second-order valence-electron chi connectivity index (χ2n) is 6.04. The van der Waals surface area contributed by atoms with Crippen molar-refractivity contribution in [1.29, 1.82) is 0 Å². The average molecular weight is 349 g/mol. The second-order valence-corrected chi connectivity index (χ2v) is 6.04. The molecule has 1 aliphatic rings. The second kappa shape index (κ2) is 6.15. The number of aryl methyl sites for hydroxylation is 1. The van der Waals surface area contributed by atoms with Gasteiger partial charge in [0.25, 0.3) is 11.8 Å². The van der Waals surface area contributed by atoms with Crippen molar-refractivity contribution in [2.75, 3.05) is 0 Å². The molecule has 0 N–H and O–H groups in total. The summed E-state index contributed by atoms with van der Waals surface area (Å²) in [6, 6.07) is 12.1. The molecule has 2 heterocycles. The van der Waals surface area contributed by atoms with E-state index in [0.717, 1.165) is 17.4 Å². The Morgan fingerprint density at radius 1 is 1.08 bits per heavy atom. The summed E-state index contributed by atoms with van der Waals surface area (Å²) in [5, 5.41) is 1.33. The fourth-order valence-electron chi connectivity index (χ4n) is 3.02. The van der Waals surface area contributed by atoms with Gasteiger partial charge in [0.15, 0.2) is 0 Å². The van der Waals surface area contributed by atoms with E-state index < -0.39 is 17.8 Å². The van der Waals surface area contributed by atoms with Gasteiger partial charge in [0, 0.05) is 10.9 Å². The van der Waals surface area contributed by atoms with Gasteiger partial charge in [-0.15, -0.1) is 0 Å². The number of carbonyl (C=O) groups excluding carboxylic acids is 3. The first-order valence-electron chi connectivity index (χ1n) is 8.26. The Hall–Kier alpha value is -3.41. The smallest absolute Gasteiger partial charge is 0.337 e. The van der Waals surface area contributed by atoms with Crippen molar-refractivity contribution < 1.29 is 23.6 Å². The summed E-state index contributed by atoms with van der Waals surface area (Å²) in [4.78, 5) is 41.8. The average Bonchev–Trinajstić information content (AvgIpc) is 3.16. The quantitative estimate of drug-likeness (QED) is 0.676. The Bertz CT molecular complexity index is 1010. The molecule has 0 aliphatic carbocycles. The molecule has 1 aromatic heterocycles. The molecule has 0 bridgehead atoms. The normalized spacial score (nSPS) is 13.3. The number of hydroxylamine groups is 2. The SMILES string of the molecule is CCc1ccc2c(CC(=O)ON3C(=O)c4ccccc4C3=O)coc2c1. The predicted octanol–water partition coefficient (Wildman–Crippen LogP) is 3.29. The molecule has 0 unspecified atom stereocenters. The number of hydrogen-bond donors (Lipinski definition) is 0. The van der Waals surface area contributed by atoms with Gasteiger partial charge in [-0.05, 0) is 30.2 Å². The summed E-state index contributed by atoms with van der Waals surface area (Å²) in [6.07, 6.45) is 2.27. The van der Waals surface area contributed by atoms with Crippen LogP contribution in [-0.2, 0) is 22.5 Å². The maximum atomic E-state index is 12.3. The van der Waals surface area contributed by atoms with E-state index in [1.54, 1.807) is 12.1 Å². The predicted molar refractivity (Wildman–Crippen MR) is 92.3 cm³/mol. The lowest BCUT2D eigenvalue weighted by Gasteiger charge is -2.12. The third-order valence-corrected chi connectivity index (χ3v) is 4.41. The minimum atomic E-state index is -0.707. The molecule has 0 saturated carbocycles. The molecule has 0 spiro atoms. The van der Waals surface area contributed by atoms with Gasteiger partial charge in [0.1, 0.15) is 5.58 Å². The Morgan fingerprint density at radius 3 is 2.42 bits per heavy atom. The van der Waals surface area contributed by atoms with Crippen molar-refractivity contribution in [3.63, 3.8) is 0 Å². The van der Waals surface area contributed by atoms with E-state index in [1.165, 1.54) is 18.4 Å². The summed E-state index contributed by atoms with van der Waals surface area (Å²) < 4.78 is 5.50. The number of furan rings is 1. The number of benzene rings is 2. The van der Waals surface area contributed by atoms with E-state index in [9.17, 15) is 14.4 Å². The third kappa shape index (κ3) is 2.56. The standard InChI is InChI=1S/C20H15NO5/c1-2-12-7-8-14-13(11-25-17(14)9-12)10-18(22)26-21-19(23)15-5-3-4-6-16(15)20(21)24/h3-9,11H,2,10H2,1H3. The van der Waals surface area contributed by atoms with Crippen molar-refractivity contribution in [3.8, 4) is 0 Å². The minimum absolute atomic E-state index is 0.105. The van der Waals surface area contributed by atoms with Gasteiger partial charge >= 0.3 is 5.97 Å². The molecule has 6 heteroatoms. The summed E-state index contributed by atoms with van der Waals surface area (Å²) >= 11 is 0. The fourth-order valence-corrected chi connectivity index (χ4v) is 3.02. The molecule has 0 radical (unpaired) electrons. The monoisotopic (exact) mass is 349 g/mol. The van der Waals surface area contributed by atoms with Crippen LogP contribution in [0.3, 0.4) is 0 Å². The van der Waals surface area contributed by atoms with Gasteiger partial charge in [-0.25, -0.2) is 4.79 Å². The molecule has 1 aliphatic heterocycles. The zero-order chi connectivity index (χ0) is 18.3. The highest BCUT2D eigenvalue weighted by atomic mass is 16.7. The summed E-state index contributed by atoms with van der Waals surface area (Å²) in [5.41, 5.74) is 2.92. The number of rotatable bonds is 4. The highest BCUT2D eigenvalue weighted by Gasteiger charge is 2.38. The molecule has 3 aromatic rings. The van der Waals surface area contributed by atoms with Crippen LogP contribution in [0.5, 0.6) is 0 Å². The molecule has 0 atom stereocenters. The van der Waals surface area contributed by atoms with Crippen LogP contribution < -0.4 is 0 Å². The zero-order valence-corrected chi connectivity index (χ0v) is 14.0. The van der Waals surface area contributed by atoms with Crippen molar-refractivity contribution in [2.45, 2.75) is 19.8 Å². The number of amides is 2. The van der Waals surface area contributed by atoms with E-state index in [1.807, 2.05) is 25.1 Å². The van der Waals surface area contributed by atoms with Gasteiger partial charge in [-0.1, -0.05) is 36.3 Å². The van der Waals surface area contributed by atoms with Crippen LogP contribution in [0.25, 0.3) is 11.0 Å². The first-order valence-corrected chi connectivity index (χ1v) is 8.26. The van der Waals surface area contributed by atoms with E-state index in [0.29, 0.717) is 16.2 Å². The molecule has 0 saturated heterocycles. The number of nitrogens with zero attached hydrogens (tertiary/aromatic N) is 1. The maximum absolute atomic E-state index is 12.3.